The summed E-state index contributed by atoms with van der Waals surface area (Å²) < 4.78 is 12.1. The molecule has 2 heterocycles. The quantitative estimate of drug-likeness (QED) is 0.644. The number of hydrogen-bond acceptors (Lipinski definition) is 6. The summed E-state index contributed by atoms with van der Waals surface area (Å²) in [6, 6.07) is 13.9. The molecule has 192 valence electrons. The van der Waals surface area contributed by atoms with Gasteiger partial charge in [-0.2, -0.15) is 0 Å². The van der Waals surface area contributed by atoms with Gasteiger partial charge in [0, 0.05) is 42.7 Å². The highest BCUT2D eigenvalue weighted by Gasteiger charge is 2.62. The van der Waals surface area contributed by atoms with Crippen LogP contribution in [0.2, 0.25) is 0 Å². The Bertz CT molecular complexity index is 1070. The maximum absolute atomic E-state index is 9.47. The molecule has 4 atom stereocenters. The van der Waals surface area contributed by atoms with Crippen LogP contribution in [0.15, 0.2) is 36.4 Å². The molecule has 3 saturated carbocycles. The van der Waals surface area contributed by atoms with Crippen LogP contribution >= 0.6 is 0 Å². The van der Waals surface area contributed by atoms with Crippen LogP contribution in [0.5, 0.6) is 11.5 Å². The third-order valence-electron chi connectivity index (χ3n) is 10.1. The van der Waals surface area contributed by atoms with E-state index in [1.807, 2.05) is 0 Å². The van der Waals surface area contributed by atoms with Crippen LogP contribution in [0.25, 0.3) is 0 Å². The molecule has 0 spiro atoms. The van der Waals surface area contributed by atoms with Crippen molar-refractivity contribution < 1.29 is 19.7 Å². The Balaban J connectivity index is 1.31. The zero-order chi connectivity index (χ0) is 24.3. The molecular formula is C30H38N2O4. The molecule has 6 nitrogen and oxygen atoms in total. The number of ether oxygens (including phenoxy) is 2. The molecule has 3 aliphatic carbocycles. The van der Waals surface area contributed by atoms with Gasteiger partial charge in [0.1, 0.15) is 25.0 Å². The second-order valence-corrected chi connectivity index (χ2v) is 11.8. The van der Waals surface area contributed by atoms with Gasteiger partial charge in [-0.05, 0) is 84.7 Å². The van der Waals surface area contributed by atoms with Crippen molar-refractivity contribution in [3.05, 3.63) is 58.7 Å². The summed E-state index contributed by atoms with van der Waals surface area (Å²) in [5.41, 5.74) is 5.40. The van der Waals surface area contributed by atoms with Crippen LogP contribution in [-0.4, -0.2) is 59.8 Å². The van der Waals surface area contributed by atoms with Gasteiger partial charge in [0.05, 0.1) is 13.2 Å². The van der Waals surface area contributed by atoms with Crippen molar-refractivity contribution in [2.45, 2.75) is 50.6 Å². The Labute approximate surface area is 213 Å². The number of benzene rings is 2. The molecule has 3 fully saturated rings. The average Bonchev–Trinajstić information content (AvgIpc) is 3.62. The van der Waals surface area contributed by atoms with E-state index in [1.54, 1.807) is 0 Å². The monoisotopic (exact) mass is 490 g/mol. The van der Waals surface area contributed by atoms with Crippen molar-refractivity contribution in [3.63, 3.8) is 0 Å². The second-order valence-electron chi connectivity index (χ2n) is 11.8. The molecule has 2 bridgehead atoms. The van der Waals surface area contributed by atoms with E-state index in [9.17, 15) is 10.2 Å². The predicted octanol–water partition coefficient (Wildman–Crippen LogP) is 3.72. The molecule has 6 heteroatoms. The minimum absolute atomic E-state index is 0.0265. The van der Waals surface area contributed by atoms with E-state index in [4.69, 9.17) is 9.47 Å². The van der Waals surface area contributed by atoms with Gasteiger partial charge in [0.15, 0.2) is 0 Å². The predicted molar refractivity (Wildman–Crippen MR) is 137 cm³/mol. The maximum Gasteiger partial charge on any atom is 0.142 e. The third-order valence-corrected chi connectivity index (χ3v) is 10.1. The Morgan fingerprint density at radius 3 is 1.97 bits per heavy atom. The first-order valence-electron chi connectivity index (χ1n) is 13.9. The Kier molecular flexibility index (Phi) is 5.77. The zero-order valence-corrected chi connectivity index (χ0v) is 21.1. The van der Waals surface area contributed by atoms with E-state index < -0.39 is 0 Å². The van der Waals surface area contributed by atoms with Crippen molar-refractivity contribution >= 4 is 0 Å². The van der Waals surface area contributed by atoms with Gasteiger partial charge in [-0.3, -0.25) is 9.80 Å². The standard InChI is InChI=1S/C30H38N2O4/c33-10-8-31-16-21-12-23(4-6-28(21)35-18-31)30(15-20-14-27(30)26-3-1-2-25(20)26)24-5-7-29-22(13-24)17-32(9-11-34)19-36-29/h4-7,12-13,20,25-27,33-34H,1-3,8-11,14-19H2. The molecule has 0 saturated heterocycles. The highest BCUT2D eigenvalue weighted by molar-refractivity contribution is 5.51. The fourth-order valence-corrected chi connectivity index (χ4v) is 8.68. The lowest BCUT2D eigenvalue weighted by Crippen LogP contribution is -2.41. The van der Waals surface area contributed by atoms with E-state index in [2.05, 4.69) is 46.2 Å². The molecule has 2 aliphatic heterocycles. The fourth-order valence-electron chi connectivity index (χ4n) is 8.68. The SMILES string of the molecule is OCCN1COc2ccc(C3(c4ccc5c(c4)CN(CCO)CO5)CC4CC3C3CCCC43)cc2C1. The molecule has 0 radical (unpaired) electrons. The van der Waals surface area contributed by atoms with E-state index in [-0.39, 0.29) is 18.6 Å². The Morgan fingerprint density at radius 2 is 1.39 bits per heavy atom. The van der Waals surface area contributed by atoms with Crippen molar-refractivity contribution in [1.82, 2.24) is 9.80 Å². The molecule has 0 aromatic heterocycles. The van der Waals surface area contributed by atoms with Crippen molar-refractivity contribution in [1.29, 1.82) is 0 Å². The highest BCUT2D eigenvalue weighted by atomic mass is 16.5. The van der Waals surface area contributed by atoms with Crippen LogP contribution in [0.1, 0.15) is 54.4 Å². The van der Waals surface area contributed by atoms with Crippen LogP contribution in [0.4, 0.5) is 0 Å². The lowest BCUT2D eigenvalue weighted by molar-refractivity contribution is 0.0766. The minimum Gasteiger partial charge on any atom is -0.478 e. The van der Waals surface area contributed by atoms with E-state index in [1.165, 1.54) is 54.4 Å². The zero-order valence-electron chi connectivity index (χ0n) is 21.1. The summed E-state index contributed by atoms with van der Waals surface area (Å²) in [6.45, 7) is 4.32. The van der Waals surface area contributed by atoms with E-state index in [0.717, 1.165) is 42.3 Å². The number of aliphatic hydroxyl groups is 2. The molecule has 0 amide bonds. The number of β-amino-alcohol motifs (C(OH)–C–C–N with tert-alkyl or cyclic N) is 2. The molecule has 2 aromatic carbocycles. The number of rotatable bonds is 6. The van der Waals surface area contributed by atoms with Crippen molar-refractivity contribution in [2.75, 3.05) is 39.8 Å². The number of aliphatic hydroxyl groups excluding tert-OH is 2. The van der Waals surface area contributed by atoms with Crippen LogP contribution < -0.4 is 9.47 Å². The lowest BCUT2D eigenvalue weighted by Gasteiger charge is -2.45. The summed E-state index contributed by atoms with van der Waals surface area (Å²) in [4.78, 5) is 4.36. The normalized spacial score (nSPS) is 30.4. The molecule has 7 rings (SSSR count). The second kappa shape index (κ2) is 9.02. The molecule has 5 aliphatic rings. The van der Waals surface area contributed by atoms with E-state index >= 15 is 0 Å². The van der Waals surface area contributed by atoms with Gasteiger partial charge in [0.2, 0.25) is 0 Å². The van der Waals surface area contributed by atoms with E-state index in [0.29, 0.717) is 32.5 Å². The first-order chi connectivity index (χ1) is 17.7. The third kappa shape index (κ3) is 3.52. The highest BCUT2D eigenvalue weighted by Crippen LogP contribution is 2.68. The molecule has 2 N–H and O–H groups in total. The Hall–Kier alpha value is -2.12. The molecular weight excluding hydrogens is 452 g/mol. The van der Waals surface area contributed by atoms with Crippen LogP contribution in [0.3, 0.4) is 0 Å². The lowest BCUT2D eigenvalue weighted by atomic mass is 9.59. The fraction of sp³-hybridized carbons (Fsp3) is 0.600. The summed E-state index contributed by atoms with van der Waals surface area (Å²) in [5, 5.41) is 18.9. The largest absolute Gasteiger partial charge is 0.478 e. The smallest absolute Gasteiger partial charge is 0.142 e. The van der Waals surface area contributed by atoms with Crippen LogP contribution in [0, 0.1) is 23.7 Å². The summed E-state index contributed by atoms with van der Waals surface area (Å²) in [6.07, 6.45) is 6.78. The number of fused-ring (bicyclic) bond motifs is 7. The average molecular weight is 491 g/mol. The maximum atomic E-state index is 9.47. The number of nitrogens with zero attached hydrogens (tertiary/aromatic N) is 2. The van der Waals surface area contributed by atoms with Crippen molar-refractivity contribution in [3.8, 4) is 11.5 Å². The summed E-state index contributed by atoms with van der Waals surface area (Å²) in [7, 11) is 0. The van der Waals surface area contributed by atoms with Gasteiger partial charge < -0.3 is 19.7 Å². The Morgan fingerprint density at radius 1 is 0.806 bits per heavy atom. The summed E-state index contributed by atoms with van der Waals surface area (Å²) in [5.74, 6) is 5.23. The molecule has 36 heavy (non-hydrogen) atoms. The first-order valence-corrected chi connectivity index (χ1v) is 13.9. The molecule has 2 aromatic rings. The van der Waals surface area contributed by atoms with Gasteiger partial charge >= 0.3 is 0 Å². The van der Waals surface area contributed by atoms with Gasteiger partial charge in [-0.15, -0.1) is 0 Å². The van der Waals surface area contributed by atoms with Crippen LogP contribution in [-0.2, 0) is 18.5 Å². The van der Waals surface area contributed by atoms with Gasteiger partial charge in [0.25, 0.3) is 0 Å². The number of hydrogen-bond donors (Lipinski definition) is 2. The van der Waals surface area contributed by atoms with Gasteiger partial charge in [-0.1, -0.05) is 18.6 Å². The first kappa shape index (κ1) is 23.0. The minimum atomic E-state index is 0.0265. The van der Waals surface area contributed by atoms with Gasteiger partial charge in [-0.25, -0.2) is 0 Å². The topological polar surface area (TPSA) is 65.4 Å². The summed E-state index contributed by atoms with van der Waals surface area (Å²) >= 11 is 0. The van der Waals surface area contributed by atoms with Crippen molar-refractivity contribution in [2.24, 2.45) is 23.7 Å². The molecule has 4 unspecified atom stereocenters.